The summed E-state index contributed by atoms with van der Waals surface area (Å²) in [5, 5.41) is 2.25. The van der Waals surface area contributed by atoms with Crippen LogP contribution in [0.4, 0.5) is 18.9 Å². The second-order valence-corrected chi connectivity index (χ2v) is 5.77. The maximum atomic E-state index is 13.6. The maximum absolute atomic E-state index is 13.6. The molecule has 0 saturated carbocycles. The van der Waals surface area contributed by atoms with E-state index in [2.05, 4.69) is 5.32 Å². The number of hydrogen-bond donors (Lipinski definition) is 2. The number of rotatable bonds is 5. The number of likely N-dealkylation sites (N-methyl/N-ethyl adjacent to an activating group) is 1. The van der Waals surface area contributed by atoms with Gasteiger partial charge >= 0.3 is 0 Å². The van der Waals surface area contributed by atoms with Crippen LogP contribution in [0, 0.1) is 17.5 Å². The van der Waals surface area contributed by atoms with Crippen LogP contribution in [0.25, 0.3) is 0 Å². The highest BCUT2D eigenvalue weighted by Gasteiger charge is 2.18. The molecule has 1 aliphatic heterocycles. The van der Waals surface area contributed by atoms with Gasteiger partial charge in [0.05, 0.1) is 12.7 Å². The quantitative estimate of drug-likeness (QED) is 0.801. The average Bonchev–Trinajstić information content (AvgIpc) is 3.03. The fourth-order valence-electron chi connectivity index (χ4n) is 2.55. The van der Waals surface area contributed by atoms with E-state index in [0.29, 0.717) is 18.0 Å². The van der Waals surface area contributed by atoms with Gasteiger partial charge in [0, 0.05) is 5.56 Å². The highest BCUT2D eigenvalue weighted by Crippen LogP contribution is 2.32. The molecule has 0 fully saturated rings. The maximum Gasteiger partial charge on any atom is 0.279 e. The van der Waals surface area contributed by atoms with Gasteiger partial charge in [-0.05, 0) is 30.3 Å². The number of carbonyl (C=O) groups is 1. The first-order chi connectivity index (χ1) is 11.9. The number of quaternary nitrogens is 1. The van der Waals surface area contributed by atoms with Gasteiger partial charge in [0.1, 0.15) is 6.54 Å². The van der Waals surface area contributed by atoms with Crippen LogP contribution < -0.4 is 19.7 Å². The monoisotopic (exact) mass is 353 g/mol. The van der Waals surface area contributed by atoms with Crippen LogP contribution in [0.5, 0.6) is 11.5 Å². The third-order valence-corrected chi connectivity index (χ3v) is 3.71. The molecule has 0 saturated heterocycles. The lowest BCUT2D eigenvalue weighted by Gasteiger charge is -2.14. The SMILES string of the molecule is C[NH+](CC(=O)Nc1ccc(F)c(F)c1F)Cc1ccc2c(c1)OCO2. The minimum atomic E-state index is -1.61. The van der Waals surface area contributed by atoms with Crippen LogP contribution in [0.3, 0.4) is 0 Å². The molecular weight excluding hydrogens is 337 g/mol. The first-order valence-electron chi connectivity index (χ1n) is 7.57. The van der Waals surface area contributed by atoms with Crippen molar-refractivity contribution in [3.8, 4) is 11.5 Å². The molecule has 1 atom stereocenters. The van der Waals surface area contributed by atoms with E-state index in [1.165, 1.54) is 0 Å². The van der Waals surface area contributed by atoms with Crippen molar-refractivity contribution < 1.29 is 32.3 Å². The summed E-state index contributed by atoms with van der Waals surface area (Å²) in [5.74, 6) is -3.52. The highest BCUT2D eigenvalue weighted by molar-refractivity contribution is 5.91. The van der Waals surface area contributed by atoms with E-state index in [1.54, 1.807) is 13.1 Å². The van der Waals surface area contributed by atoms with Crippen LogP contribution in [0.2, 0.25) is 0 Å². The third kappa shape index (κ3) is 3.85. The Bertz CT molecular complexity index is 814. The first kappa shape index (κ1) is 17.1. The molecule has 0 aliphatic carbocycles. The molecule has 8 heteroatoms. The molecule has 2 aromatic rings. The Morgan fingerprint density at radius 3 is 2.68 bits per heavy atom. The summed E-state index contributed by atoms with van der Waals surface area (Å²) in [6, 6.07) is 7.24. The summed E-state index contributed by atoms with van der Waals surface area (Å²) in [6.07, 6.45) is 0. The number of anilines is 1. The van der Waals surface area contributed by atoms with Crippen LogP contribution in [0.15, 0.2) is 30.3 Å². The molecule has 5 nitrogen and oxygen atoms in total. The number of halogens is 3. The molecular formula is C17H16F3N2O3+. The van der Waals surface area contributed by atoms with Crippen molar-refractivity contribution in [2.75, 3.05) is 25.7 Å². The molecule has 1 amide bonds. The number of nitrogens with one attached hydrogen (secondary N) is 2. The third-order valence-electron chi connectivity index (χ3n) is 3.71. The summed E-state index contributed by atoms with van der Waals surface area (Å²) in [7, 11) is 1.78. The van der Waals surface area contributed by atoms with Crippen molar-refractivity contribution in [2.45, 2.75) is 6.54 Å². The van der Waals surface area contributed by atoms with Gasteiger partial charge in [-0.3, -0.25) is 4.79 Å². The van der Waals surface area contributed by atoms with Gasteiger partial charge in [-0.15, -0.1) is 0 Å². The minimum Gasteiger partial charge on any atom is -0.454 e. The van der Waals surface area contributed by atoms with Crippen LogP contribution in [-0.2, 0) is 11.3 Å². The Balaban J connectivity index is 1.58. The molecule has 2 N–H and O–H groups in total. The molecule has 1 aliphatic rings. The van der Waals surface area contributed by atoms with Gasteiger partial charge in [-0.25, -0.2) is 13.2 Å². The Morgan fingerprint density at radius 1 is 1.12 bits per heavy atom. The molecule has 25 heavy (non-hydrogen) atoms. The lowest BCUT2D eigenvalue weighted by atomic mass is 10.2. The number of ether oxygens (including phenoxy) is 2. The fourth-order valence-corrected chi connectivity index (χ4v) is 2.55. The van der Waals surface area contributed by atoms with E-state index in [9.17, 15) is 18.0 Å². The van der Waals surface area contributed by atoms with E-state index in [-0.39, 0.29) is 19.0 Å². The smallest absolute Gasteiger partial charge is 0.279 e. The molecule has 0 aromatic heterocycles. The van der Waals surface area contributed by atoms with Crippen LogP contribution in [0.1, 0.15) is 5.56 Å². The number of amides is 1. The van der Waals surface area contributed by atoms with Gasteiger partial charge in [-0.2, -0.15) is 0 Å². The largest absolute Gasteiger partial charge is 0.454 e. The number of hydrogen-bond acceptors (Lipinski definition) is 3. The predicted molar refractivity (Wildman–Crippen MR) is 83.0 cm³/mol. The van der Waals surface area contributed by atoms with Gasteiger partial charge < -0.3 is 19.7 Å². The van der Waals surface area contributed by atoms with Crippen molar-refractivity contribution in [1.29, 1.82) is 0 Å². The van der Waals surface area contributed by atoms with Gasteiger partial charge in [0.15, 0.2) is 35.5 Å². The highest BCUT2D eigenvalue weighted by atomic mass is 19.2. The molecule has 1 heterocycles. The second-order valence-electron chi connectivity index (χ2n) is 5.77. The average molecular weight is 353 g/mol. The molecule has 0 bridgehead atoms. The van der Waals surface area contributed by atoms with E-state index in [0.717, 1.165) is 22.6 Å². The lowest BCUT2D eigenvalue weighted by Crippen LogP contribution is -3.08. The zero-order valence-electron chi connectivity index (χ0n) is 13.4. The Labute approximate surface area is 142 Å². The van der Waals surface area contributed by atoms with E-state index >= 15 is 0 Å². The fraction of sp³-hybridized carbons (Fsp3) is 0.235. The van der Waals surface area contributed by atoms with Crippen LogP contribution >= 0.6 is 0 Å². The summed E-state index contributed by atoms with van der Waals surface area (Å²) < 4.78 is 50.2. The zero-order valence-corrected chi connectivity index (χ0v) is 13.4. The van der Waals surface area contributed by atoms with Gasteiger partial charge in [0.2, 0.25) is 6.79 Å². The van der Waals surface area contributed by atoms with Crippen molar-refractivity contribution in [2.24, 2.45) is 0 Å². The van der Waals surface area contributed by atoms with E-state index in [4.69, 9.17) is 9.47 Å². The minimum absolute atomic E-state index is 0.0207. The standard InChI is InChI=1S/C17H15F3N2O3/c1-22(7-10-2-5-13-14(6-10)25-9-24-13)8-15(23)21-12-4-3-11(18)16(19)17(12)20/h2-6H,7-9H2,1H3,(H,21,23)/p+1. The molecule has 1 unspecified atom stereocenters. The summed E-state index contributed by atoms with van der Waals surface area (Å²) in [5.41, 5.74) is 0.549. The van der Waals surface area contributed by atoms with Crippen LogP contribution in [-0.4, -0.2) is 26.3 Å². The summed E-state index contributed by atoms with van der Waals surface area (Å²) in [6.45, 7) is 0.723. The Morgan fingerprint density at radius 2 is 1.88 bits per heavy atom. The Hall–Kier alpha value is -2.74. The van der Waals surface area contributed by atoms with Crippen molar-refractivity contribution in [3.63, 3.8) is 0 Å². The van der Waals surface area contributed by atoms with Gasteiger partial charge in [0.25, 0.3) is 5.91 Å². The van der Waals surface area contributed by atoms with Crippen molar-refractivity contribution in [3.05, 3.63) is 53.3 Å². The normalized spacial score (nSPS) is 13.6. The summed E-state index contributed by atoms with van der Waals surface area (Å²) in [4.78, 5) is 12.8. The lowest BCUT2D eigenvalue weighted by molar-refractivity contribution is -0.885. The van der Waals surface area contributed by atoms with Crippen molar-refractivity contribution >= 4 is 11.6 Å². The van der Waals surface area contributed by atoms with E-state index in [1.807, 2.05) is 12.1 Å². The zero-order chi connectivity index (χ0) is 18.0. The van der Waals surface area contributed by atoms with Gasteiger partial charge in [-0.1, -0.05) is 0 Å². The molecule has 3 rings (SSSR count). The number of benzene rings is 2. The molecule has 0 spiro atoms. The van der Waals surface area contributed by atoms with E-state index < -0.39 is 23.4 Å². The predicted octanol–water partition coefficient (Wildman–Crippen LogP) is 1.49. The Kier molecular flexibility index (Phi) is 4.80. The number of fused-ring (bicyclic) bond motifs is 1. The van der Waals surface area contributed by atoms with Crippen molar-refractivity contribution in [1.82, 2.24) is 0 Å². The molecule has 2 aromatic carbocycles. The first-order valence-corrected chi connectivity index (χ1v) is 7.57. The topological polar surface area (TPSA) is 52.0 Å². The molecule has 0 radical (unpaired) electrons. The summed E-state index contributed by atoms with van der Waals surface area (Å²) >= 11 is 0. The molecule has 132 valence electrons. The second kappa shape index (κ2) is 7.02. The number of carbonyl (C=O) groups excluding carboxylic acids is 1.